The Bertz CT molecular complexity index is 1540. The molecule has 13 heteroatoms. The molecule has 0 saturated carbocycles. The highest BCUT2D eigenvalue weighted by atomic mass is 32.2. The third-order valence-corrected chi connectivity index (χ3v) is 9.03. The van der Waals surface area contributed by atoms with Gasteiger partial charge < -0.3 is 16.2 Å². The smallest absolute Gasteiger partial charge is 0.335 e. The zero-order valence-corrected chi connectivity index (χ0v) is 22.2. The van der Waals surface area contributed by atoms with Crippen LogP contribution in [0.15, 0.2) is 68.8 Å². The Hall–Kier alpha value is -3.99. The van der Waals surface area contributed by atoms with Gasteiger partial charge in [0.1, 0.15) is 5.82 Å². The van der Waals surface area contributed by atoms with E-state index < -0.39 is 11.9 Å². The van der Waals surface area contributed by atoms with Gasteiger partial charge in [0, 0.05) is 28.3 Å². The van der Waals surface area contributed by atoms with Crippen LogP contribution in [0.2, 0.25) is 0 Å². The van der Waals surface area contributed by atoms with Gasteiger partial charge in [-0.15, -0.1) is 21.5 Å². The molecule has 4 N–H and O–H groups in total. The monoisotopic (exact) mass is 564 g/mol. The van der Waals surface area contributed by atoms with Crippen molar-refractivity contribution in [2.45, 2.75) is 29.5 Å². The van der Waals surface area contributed by atoms with Crippen LogP contribution in [0.5, 0.6) is 0 Å². The molecule has 0 bridgehead atoms. The first-order chi connectivity index (χ1) is 18.4. The standard InChI is InChI=1S/C25H20N6O4S3/c26-11-15-20(18-8-3-9-36-18)21-16(6-2-7-17(21)32)31(22(15)27)24-29-30-25(38-24)37-12-19(33)28-14-5-1-4-13(10-14)23(34)35/h1,3-5,8-10,20H,2,6-7,12,27H2,(H,28,33)(H,34,35). The van der Waals surface area contributed by atoms with Crippen LogP contribution in [-0.4, -0.2) is 38.7 Å². The first kappa shape index (κ1) is 25.7. The number of benzene rings is 1. The van der Waals surface area contributed by atoms with Crippen molar-refractivity contribution in [1.29, 1.82) is 5.26 Å². The van der Waals surface area contributed by atoms with Gasteiger partial charge in [0.2, 0.25) is 11.0 Å². The van der Waals surface area contributed by atoms with Crippen molar-refractivity contribution in [3.63, 3.8) is 0 Å². The topological polar surface area (TPSA) is 162 Å². The third kappa shape index (κ3) is 4.93. The number of carbonyl (C=O) groups is 3. The number of ketones is 1. The third-order valence-electron chi connectivity index (χ3n) is 6.05. The Morgan fingerprint density at radius 3 is 2.84 bits per heavy atom. The predicted octanol–water partition coefficient (Wildman–Crippen LogP) is 4.33. The maximum Gasteiger partial charge on any atom is 0.335 e. The molecule has 1 aromatic carbocycles. The summed E-state index contributed by atoms with van der Waals surface area (Å²) in [6.07, 6.45) is 1.70. The first-order valence-corrected chi connectivity index (χ1v) is 14.1. The molecule has 1 amide bonds. The summed E-state index contributed by atoms with van der Waals surface area (Å²) in [5.41, 5.74) is 8.60. The van der Waals surface area contributed by atoms with E-state index in [0.29, 0.717) is 45.6 Å². The molecule has 38 heavy (non-hydrogen) atoms. The van der Waals surface area contributed by atoms with Crippen LogP contribution in [0.25, 0.3) is 0 Å². The summed E-state index contributed by atoms with van der Waals surface area (Å²) in [5, 5.41) is 32.6. The fraction of sp³-hybridized carbons (Fsp3) is 0.200. The molecule has 0 fully saturated rings. The van der Waals surface area contributed by atoms with Crippen LogP contribution in [0.3, 0.4) is 0 Å². The number of Topliss-reactive ketones (excluding diaryl/α,β-unsaturated/α-hetero) is 1. The van der Waals surface area contributed by atoms with Crippen LogP contribution in [-0.2, 0) is 9.59 Å². The first-order valence-electron chi connectivity index (χ1n) is 11.5. The molecule has 10 nitrogen and oxygen atoms in total. The van der Waals surface area contributed by atoms with Gasteiger partial charge in [0.25, 0.3) is 0 Å². The number of nitriles is 1. The molecule has 0 spiro atoms. The van der Waals surface area contributed by atoms with Crippen molar-refractivity contribution < 1.29 is 19.5 Å². The Kier molecular flexibility index (Phi) is 7.28. The Morgan fingerprint density at radius 1 is 1.26 bits per heavy atom. The lowest BCUT2D eigenvalue weighted by Crippen LogP contribution is -2.38. The Labute approximate surface area is 229 Å². The van der Waals surface area contributed by atoms with E-state index in [1.165, 1.54) is 46.6 Å². The highest BCUT2D eigenvalue weighted by Gasteiger charge is 2.41. The molecule has 0 saturated heterocycles. The van der Waals surface area contributed by atoms with E-state index in [-0.39, 0.29) is 28.8 Å². The van der Waals surface area contributed by atoms with E-state index in [1.54, 1.807) is 17.0 Å². The van der Waals surface area contributed by atoms with E-state index in [1.807, 2.05) is 17.5 Å². The summed E-state index contributed by atoms with van der Waals surface area (Å²) in [7, 11) is 0. The molecule has 1 aliphatic carbocycles. The summed E-state index contributed by atoms with van der Waals surface area (Å²) < 4.78 is 0.505. The zero-order chi connectivity index (χ0) is 26.8. The van der Waals surface area contributed by atoms with Crippen molar-refractivity contribution in [2.75, 3.05) is 16.0 Å². The number of thioether (sulfide) groups is 1. The Balaban J connectivity index is 1.37. The van der Waals surface area contributed by atoms with Crippen molar-refractivity contribution in [2.24, 2.45) is 5.73 Å². The van der Waals surface area contributed by atoms with Crippen LogP contribution in [0.4, 0.5) is 10.8 Å². The van der Waals surface area contributed by atoms with Gasteiger partial charge in [0.05, 0.1) is 28.9 Å². The number of carboxylic acids is 1. The van der Waals surface area contributed by atoms with Crippen molar-refractivity contribution in [3.05, 3.63) is 74.9 Å². The number of rotatable bonds is 7. The number of hydrogen-bond acceptors (Lipinski definition) is 11. The van der Waals surface area contributed by atoms with Crippen molar-refractivity contribution in [1.82, 2.24) is 10.2 Å². The average Bonchev–Trinajstić information content (AvgIpc) is 3.60. The minimum Gasteiger partial charge on any atom is -0.478 e. The number of allylic oxidation sites excluding steroid dienone is 3. The molecule has 5 rings (SSSR count). The normalized spacial score (nSPS) is 17.3. The lowest BCUT2D eigenvalue weighted by molar-refractivity contribution is -0.116. The van der Waals surface area contributed by atoms with Crippen LogP contribution >= 0.6 is 34.4 Å². The molecule has 1 unspecified atom stereocenters. The van der Waals surface area contributed by atoms with Crippen LogP contribution < -0.4 is 16.0 Å². The van der Waals surface area contributed by atoms with Crippen molar-refractivity contribution in [3.8, 4) is 6.07 Å². The number of nitrogens with zero attached hydrogens (tertiary/aromatic N) is 4. The molecule has 2 aromatic heterocycles. The van der Waals surface area contributed by atoms with E-state index >= 15 is 0 Å². The van der Waals surface area contributed by atoms with E-state index in [4.69, 9.17) is 10.8 Å². The highest BCUT2D eigenvalue weighted by Crippen LogP contribution is 2.47. The largest absolute Gasteiger partial charge is 0.478 e. The molecule has 0 radical (unpaired) electrons. The number of aromatic nitrogens is 2. The van der Waals surface area contributed by atoms with Gasteiger partial charge in [-0.2, -0.15) is 5.26 Å². The number of nitrogens with two attached hydrogens (primary N) is 1. The maximum absolute atomic E-state index is 13.1. The van der Waals surface area contributed by atoms with E-state index in [9.17, 15) is 19.6 Å². The quantitative estimate of drug-likeness (QED) is 0.352. The van der Waals surface area contributed by atoms with Gasteiger partial charge in [-0.05, 0) is 42.5 Å². The number of amides is 1. The van der Waals surface area contributed by atoms with Gasteiger partial charge in [-0.1, -0.05) is 35.2 Å². The molecule has 3 heterocycles. The number of nitrogens with one attached hydrogen (secondary N) is 1. The number of carboxylic acid groups (broad SMARTS) is 1. The second-order valence-electron chi connectivity index (χ2n) is 8.41. The number of anilines is 2. The fourth-order valence-electron chi connectivity index (χ4n) is 4.45. The summed E-state index contributed by atoms with van der Waals surface area (Å²) >= 11 is 3.85. The van der Waals surface area contributed by atoms with Crippen LogP contribution in [0, 0.1) is 11.3 Å². The van der Waals surface area contributed by atoms with Gasteiger partial charge in [0.15, 0.2) is 10.1 Å². The number of hydrogen-bond donors (Lipinski definition) is 3. The highest BCUT2D eigenvalue weighted by molar-refractivity contribution is 8.01. The number of aromatic carboxylic acids is 1. The predicted molar refractivity (Wildman–Crippen MR) is 145 cm³/mol. The molecule has 1 aliphatic heterocycles. The van der Waals surface area contributed by atoms with Crippen molar-refractivity contribution >= 4 is 62.9 Å². The van der Waals surface area contributed by atoms with Gasteiger partial charge in [-0.25, -0.2) is 4.79 Å². The van der Waals surface area contributed by atoms with Gasteiger partial charge >= 0.3 is 5.97 Å². The van der Waals surface area contributed by atoms with Gasteiger partial charge in [-0.3, -0.25) is 14.5 Å². The maximum atomic E-state index is 13.1. The summed E-state index contributed by atoms with van der Waals surface area (Å²) in [6, 6.07) is 12.0. The zero-order valence-electron chi connectivity index (χ0n) is 19.7. The molecule has 3 aromatic rings. The molecular formula is C25H20N6O4S3. The lowest BCUT2D eigenvalue weighted by Gasteiger charge is -2.37. The summed E-state index contributed by atoms with van der Waals surface area (Å²) in [5.74, 6) is -1.67. The molecular weight excluding hydrogens is 545 g/mol. The molecule has 192 valence electrons. The second kappa shape index (κ2) is 10.8. The molecule has 1 atom stereocenters. The minimum atomic E-state index is -1.08. The lowest BCUT2D eigenvalue weighted by atomic mass is 9.78. The summed E-state index contributed by atoms with van der Waals surface area (Å²) in [4.78, 5) is 39.2. The SMILES string of the molecule is N#CC1=C(N)N(c2nnc(SCC(=O)Nc3cccc(C(=O)O)c3)s2)C2=C(C(=O)CCC2)C1c1cccs1. The van der Waals surface area contributed by atoms with Crippen LogP contribution in [0.1, 0.15) is 40.4 Å². The van der Waals surface area contributed by atoms with E-state index in [2.05, 4.69) is 21.6 Å². The second-order valence-corrected chi connectivity index (χ2v) is 11.6. The average molecular weight is 565 g/mol. The fourth-order valence-corrected chi connectivity index (χ4v) is 6.97. The van der Waals surface area contributed by atoms with E-state index in [0.717, 1.165) is 10.6 Å². The molecule has 2 aliphatic rings. The minimum absolute atomic E-state index is 0.00217. The number of thiophene rings is 1. The summed E-state index contributed by atoms with van der Waals surface area (Å²) in [6.45, 7) is 0. The Morgan fingerprint density at radius 2 is 2.11 bits per heavy atom. The number of carbonyl (C=O) groups excluding carboxylic acids is 2.